The van der Waals surface area contributed by atoms with Gasteiger partial charge in [0.05, 0.1) is 0 Å². The maximum Gasteiger partial charge on any atom is 0.234 e. The highest BCUT2D eigenvalue weighted by molar-refractivity contribution is 9.10. The number of benzene rings is 1. The number of carbonyl (C=O) groups excluding carboxylic acids is 1. The van der Waals surface area contributed by atoms with Gasteiger partial charge in [0.15, 0.2) is 5.84 Å². The molecule has 1 fully saturated rings. The minimum atomic E-state index is -0.987. The zero-order valence-corrected chi connectivity index (χ0v) is 13.1. The van der Waals surface area contributed by atoms with Crippen molar-refractivity contribution in [2.24, 2.45) is 16.3 Å². The predicted molar refractivity (Wildman–Crippen MR) is 81.9 cm³/mol. The lowest BCUT2D eigenvalue weighted by atomic mass is 9.78. The van der Waals surface area contributed by atoms with Crippen LogP contribution in [-0.4, -0.2) is 30.2 Å². The molecule has 0 radical (unpaired) electrons. The summed E-state index contributed by atoms with van der Waals surface area (Å²) in [4.78, 5) is 12.5. The van der Waals surface area contributed by atoms with Gasteiger partial charge in [0.2, 0.25) is 5.91 Å². The van der Waals surface area contributed by atoms with Crippen LogP contribution < -0.4 is 11.1 Å². The molecule has 0 atom stereocenters. The first kappa shape index (κ1) is 15.8. The average molecular weight is 356 g/mol. The number of nitrogens with zero attached hydrogens (tertiary/aromatic N) is 1. The Kier molecular flexibility index (Phi) is 5.19. The number of ether oxygens (including phenoxy) is 1. The number of oxime groups is 1. The average Bonchev–Trinajstić information content (AvgIpc) is 2.52. The van der Waals surface area contributed by atoms with E-state index < -0.39 is 5.41 Å². The van der Waals surface area contributed by atoms with Gasteiger partial charge in [-0.15, -0.1) is 0 Å². The number of amidine groups is 1. The number of hydrogen-bond donors (Lipinski definition) is 3. The predicted octanol–water partition coefficient (Wildman–Crippen LogP) is 1.61. The molecule has 114 valence electrons. The Morgan fingerprint density at radius 2 is 2.19 bits per heavy atom. The maximum atomic E-state index is 12.5. The van der Waals surface area contributed by atoms with Gasteiger partial charge in [-0.3, -0.25) is 4.79 Å². The standard InChI is InChI=1S/C14H18BrN3O3/c15-11-3-1-2-10(8-11)9-17-13(19)14(12(16)18-20)4-6-21-7-5-14/h1-3,8,20H,4-7,9H2,(H2,16,18)(H,17,19). The van der Waals surface area contributed by atoms with E-state index in [1.165, 1.54) is 0 Å². The second kappa shape index (κ2) is 6.91. The normalized spacial score (nSPS) is 18.2. The molecule has 0 aromatic heterocycles. The lowest BCUT2D eigenvalue weighted by Crippen LogP contribution is -2.52. The highest BCUT2D eigenvalue weighted by atomic mass is 79.9. The zero-order chi connectivity index (χ0) is 15.3. The first-order valence-electron chi connectivity index (χ1n) is 6.67. The van der Waals surface area contributed by atoms with Crippen molar-refractivity contribution < 1.29 is 14.7 Å². The summed E-state index contributed by atoms with van der Waals surface area (Å²) in [5.41, 5.74) is 5.74. The van der Waals surface area contributed by atoms with Crippen LogP contribution in [0.1, 0.15) is 18.4 Å². The Morgan fingerprint density at radius 3 is 2.81 bits per heavy atom. The Balaban J connectivity index is 2.09. The van der Waals surface area contributed by atoms with Gasteiger partial charge in [-0.25, -0.2) is 0 Å². The number of nitrogens with two attached hydrogens (primary N) is 1. The molecule has 1 amide bonds. The molecule has 0 aliphatic carbocycles. The van der Waals surface area contributed by atoms with Crippen molar-refractivity contribution in [3.8, 4) is 0 Å². The van der Waals surface area contributed by atoms with E-state index in [1.807, 2.05) is 24.3 Å². The van der Waals surface area contributed by atoms with Crippen LogP contribution in [0.4, 0.5) is 0 Å². The summed E-state index contributed by atoms with van der Waals surface area (Å²) in [5.74, 6) is -0.293. The quantitative estimate of drug-likeness (QED) is 0.330. The number of amides is 1. The van der Waals surface area contributed by atoms with Crippen LogP contribution in [0.25, 0.3) is 0 Å². The number of rotatable bonds is 4. The number of hydrogen-bond acceptors (Lipinski definition) is 4. The van der Waals surface area contributed by atoms with E-state index in [0.29, 0.717) is 32.6 Å². The van der Waals surface area contributed by atoms with Gasteiger partial charge in [-0.1, -0.05) is 33.2 Å². The molecule has 0 bridgehead atoms. The van der Waals surface area contributed by atoms with Crippen molar-refractivity contribution >= 4 is 27.7 Å². The maximum absolute atomic E-state index is 12.5. The van der Waals surface area contributed by atoms with Crippen LogP contribution in [0.15, 0.2) is 33.9 Å². The Morgan fingerprint density at radius 1 is 1.48 bits per heavy atom. The molecule has 0 spiro atoms. The molecule has 1 aliphatic rings. The fourth-order valence-electron chi connectivity index (χ4n) is 2.41. The smallest absolute Gasteiger partial charge is 0.234 e. The van der Waals surface area contributed by atoms with Crippen LogP contribution in [-0.2, 0) is 16.1 Å². The van der Waals surface area contributed by atoms with Crippen LogP contribution >= 0.6 is 15.9 Å². The molecule has 1 aromatic rings. The first-order chi connectivity index (χ1) is 10.1. The molecule has 0 saturated carbocycles. The molecule has 2 rings (SSSR count). The van der Waals surface area contributed by atoms with Crippen molar-refractivity contribution in [1.29, 1.82) is 0 Å². The summed E-state index contributed by atoms with van der Waals surface area (Å²) in [7, 11) is 0. The van der Waals surface area contributed by atoms with Crippen molar-refractivity contribution in [2.75, 3.05) is 13.2 Å². The summed E-state index contributed by atoms with van der Waals surface area (Å²) in [6.45, 7) is 1.22. The zero-order valence-electron chi connectivity index (χ0n) is 11.5. The Labute approximate surface area is 131 Å². The largest absolute Gasteiger partial charge is 0.409 e. The number of carbonyl (C=O) groups is 1. The van der Waals surface area contributed by atoms with Gasteiger partial charge in [0.25, 0.3) is 0 Å². The Hall–Kier alpha value is -1.60. The number of halogens is 1. The molecular formula is C14H18BrN3O3. The third-order valence-electron chi connectivity index (χ3n) is 3.72. The fraction of sp³-hybridized carbons (Fsp3) is 0.429. The van der Waals surface area contributed by atoms with Gasteiger partial charge in [-0.05, 0) is 30.5 Å². The lowest BCUT2D eigenvalue weighted by molar-refractivity contribution is -0.131. The second-order valence-corrected chi connectivity index (χ2v) is 5.91. The van der Waals surface area contributed by atoms with Crippen LogP contribution in [0.5, 0.6) is 0 Å². The van der Waals surface area contributed by atoms with Crippen LogP contribution in [0.3, 0.4) is 0 Å². The number of nitrogens with one attached hydrogen (secondary N) is 1. The second-order valence-electron chi connectivity index (χ2n) is 4.99. The molecule has 6 nitrogen and oxygen atoms in total. The molecule has 21 heavy (non-hydrogen) atoms. The van der Waals surface area contributed by atoms with Crippen molar-refractivity contribution in [1.82, 2.24) is 5.32 Å². The van der Waals surface area contributed by atoms with Crippen molar-refractivity contribution in [2.45, 2.75) is 19.4 Å². The van der Waals surface area contributed by atoms with E-state index in [1.54, 1.807) is 0 Å². The molecular weight excluding hydrogens is 338 g/mol. The lowest BCUT2D eigenvalue weighted by Gasteiger charge is -2.34. The minimum absolute atomic E-state index is 0.0578. The van der Waals surface area contributed by atoms with E-state index in [0.717, 1.165) is 10.0 Å². The molecule has 1 saturated heterocycles. The minimum Gasteiger partial charge on any atom is -0.409 e. The summed E-state index contributed by atoms with van der Waals surface area (Å²) in [6.07, 6.45) is 0.820. The third kappa shape index (κ3) is 3.54. The van der Waals surface area contributed by atoms with E-state index in [9.17, 15) is 4.79 Å². The summed E-state index contributed by atoms with van der Waals surface area (Å²) >= 11 is 3.39. The molecule has 7 heteroatoms. The molecule has 1 aromatic carbocycles. The van der Waals surface area contributed by atoms with Gasteiger partial charge < -0.3 is 21.0 Å². The monoisotopic (exact) mass is 355 g/mol. The van der Waals surface area contributed by atoms with Gasteiger partial charge in [-0.2, -0.15) is 0 Å². The summed E-state index contributed by atoms with van der Waals surface area (Å²) < 4.78 is 6.22. The fourth-order valence-corrected chi connectivity index (χ4v) is 2.86. The first-order valence-corrected chi connectivity index (χ1v) is 7.46. The van der Waals surface area contributed by atoms with E-state index >= 15 is 0 Å². The SMILES string of the molecule is NC(=NO)C1(C(=O)NCc2cccc(Br)c2)CCOCC1. The summed E-state index contributed by atoms with van der Waals surface area (Å²) in [5, 5.41) is 14.9. The summed E-state index contributed by atoms with van der Waals surface area (Å²) in [6, 6.07) is 7.67. The third-order valence-corrected chi connectivity index (χ3v) is 4.21. The van der Waals surface area contributed by atoms with E-state index in [4.69, 9.17) is 15.7 Å². The van der Waals surface area contributed by atoms with Crippen LogP contribution in [0.2, 0.25) is 0 Å². The van der Waals surface area contributed by atoms with Crippen LogP contribution in [0, 0.1) is 5.41 Å². The highest BCUT2D eigenvalue weighted by Gasteiger charge is 2.44. The van der Waals surface area contributed by atoms with Crippen molar-refractivity contribution in [3.05, 3.63) is 34.3 Å². The molecule has 4 N–H and O–H groups in total. The topological polar surface area (TPSA) is 96.9 Å². The van der Waals surface area contributed by atoms with Gasteiger partial charge in [0, 0.05) is 24.2 Å². The highest BCUT2D eigenvalue weighted by Crippen LogP contribution is 2.31. The Bertz CT molecular complexity index is 542. The van der Waals surface area contributed by atoms with E-state index in [2.05, 4.69) is 26.4 Å². The molecule has 1 aliphatic heterocycles. The van der Waals surface area contributed by atoms with Gasteiger partial charge in [0.1, 0.15) is 5.41 Å². The van der Waals surface area contributed by atoms with Gasteiger partial charge >= 0.3 is 0 Å². The molecule has 1 heterocycles. The van der Waals surface area contributed by atoms with Crippen molar-refractivity contribution in [3.63, 3.8) is 0 Å². The van der Waals surface area contributed by atoms with E-state index in [-0.39, 0.29) is 11.7 Å². The molecule has 0 unspecified atom stereocenters.